The lowest BCUT2D eigenvalue weighted by molar-refractivity contribution is 0.0790. The van der Waals surface area contributed by atoms with E-state index in [0.717, 1.165) is 0 Å². The minimum absolute atomic E-state index is 0.0970. The maximum absolute atomic E-state index is 11.8. The summed E-state index contributed by atoms with van der Waals surface area (Å²) in [6.07, 6.45) is 1.31. The molecule has 1 heterocycles. The fourth-order valence-corrected chi connectivity index (χ4v) is 1.57. The molecular formula is C11H16ClNO3. The van der Waals surface area contributed by atoms with Crippen LogP contribution in [0, 0.1) is 0 Å². The summed E-state index contributed by atoms with van der Waals surface area (Å²) in [6, 6.07) is 3.01. The van der Waals surface area contributed by atoms with Crippen molar-refractivity contribution in [1.82, 2.24) is 5.32 Å². The summed E-state index contributed by atoms with van der Waals surface area (Å²) in [4.78, 5) is 11.8. The Hall–Kier alpha value is -1.00. The van der Waals surface area contributed by atoms with Gasteiger partial charge in [-0.1, -0.05) is 13.8 Å². The third kappa shape index (κ3) is 2.77. The van der Waals surface area contributed by atoms with E-state index >= 15 is 0 Å². The fourth-order valence-electron chi connectivity index (χ4n) is 1.43. The number of furan rings is 1. The van der Waals surface area contributed by atoms with Crippen molar-refractivity contribution in [1.29, 1.82) is 0 Å². The Labute approximate surface area is 99.6 Å². The van der Waals surface area contributed by atoms with Gasteiger partial charge < -0.3 is 14.8 Å². The molecule has 0 aliphatic heterocycles. The average Bonchev–Trinajstić information content (AvgIpc) is 2.73. The number of nitrogens with one attached hydrogen (secondary N) is 1. The Bertz CT molecular complexity index is 350. The van der Waals surface area contributed by atoms with Crippen molar-refractivity contribution in [2.45, 2.75) is 32.2 Å². The summed E-state index contributed by atoms with van der Waals surface area (Å²) in [7, 11) is 0. The van der Waals surface area contributed by atoms with Crippen LogP contribution in [0.4, 0.5) is 0 Å². The summed E-state index contributed by atoms with van der Waals surface area (Å²) in [5.41, 5.74) is -0.587. The molecule has 0 radical (unpaired) electrons. The number of aliphatic hydroxyl groups excluding tert-OH is 1. The highest BCUT2D eigenvalue weighted by atomic mass is 35.5. The number of carbonyl (C=O) groups excluding carboxylic acids is 1. The van der Waals surface area contributed by atoms with Gasteiger partial charge >= 0.3 is 0 Å². The topological polar surface area (TPSA) is 62.5 Å². The van der Waals surface area contributed by atoms with Crippen LogP contribution in [0.3, 0.4) is 0 Å². The molecule has 4 nitrogen and oxygen atoms in total. The van der Waals surface area contributed by atoms with Gasteiger partial charge in [-0.05, 0) is 36.6 Å². The maximum atomic E-state index is 11.8. The van der Waals surface area contributed by atoms with E-state index in [1.54, 1.807) is 0 Å². The van der Waals surface area contributed by atoms with Gasteiger partial charge in [-0.3, -0.25) is 4.79 Å². The monoisotopic (exact) mass is 245 g/mol. The van der Waals surface area contributed by atoms with Crippen molar-refractivity contribution in [3.05, 3.63) is 23.1 Å². The van der Waals surface area contributed by atoms with Gasteiger partial charge in [0.1, 0.15) is 0 Å². The molecule has 1 rings (SSSR count). The molecule has 0 bridgehead atoms. The van der Waals surface area contributed by atoms with Crippen LogP contribution < -0.4 is 5.32 Å². The quantitative estimate of drug-likeness (QED) is 0.836. The van der Waals surface area contributed by atoms with Gasteiger partial charge in [0.2, 0.25) is 0 Å². The van der Waals surface area contributed by atoms with Crippen molar-refractivity contribution >= 4 is 17.5 Å². The Morgan fingerprint density at radius 2 is 2.12 bits per heavy atom. The first-order valence-corrected chi connectivity index (χ1v) is 5.63. The number of hydrogen-bond donors (Lipinski definition) is 2. The lowest BCUT2D eigenvalue weighted by Gasteiger charge is -2.30. The number of hydrogen-bond acceptors (Lipinski definition) is 3. The molecule has 0 aliphatic carbocycles. The predicted octanol–water partition coefficient (Wildman–Crippen LogP) is 2.21. The number of rotatable bonds is 5. The molecule has 0 fully saturated rings. The van der Waals surface area contributed by atoms with Gasteiger partial charge in [0.05, 0.1) is 12.1 Å². The van der Waals surface area contributed by atoms with E-state index in [9.17, 15) is 9.90 Å². The van der Waals surface area contributed by atoms with E-state index < -0.39 is 5.54 Å². The van der Waals surface area contributed by atoms with Crippen LogP contribution >= 0.6 is 11.6 Å². The van der Waals surface area contributed by atoms with Crippen LogP contribution in [0.15, 0.2) is 16.5 Å². The van der Waals surface area contributed by atoms with Gasteiger partial charge in [0.15, 0.2) is 11.0 Å². The Kier molecular flexibility index (Phi) is 4.38. The molecule has 2 N–H and O–H groups in total. The summed E-state index contributed by atoms with van der Waals surface area (Å²) in [6.45, 7) is 3.73. The number of amides is 1. The smallest absolute Gasteiger partial charge is 0.287 e. The fraction of sp³-hybridized carbons (Fsp3) is 0.545. The first-order chi connectivity index (χ1) is 7.56. The molecular weight excluding hydrogens is 230 g/mol. The van der Waals surface area contributed by atoms with Gasteiger partial charge in [0, 0.05) is 0 Å². The highest BCUT2D eigenvalue weighted by molar-refractivity contribution is 6.29. The zero-order valence-electron chi connectivity index (χ0n) is 9.42. The van der Waals surface area contributed by atoms with Crippen LogP contribution in [0.25, 0.3) is 0 Å². The van der Waals surface area contributed by atoms with E-state index in [2.05, 4.69) is 5.32 Å². The molecule has 0 saturated carbocycles. The van der Waals surface area contributed by atoms with Gasteiger partial charge in [-0.15, -0.1) is 0 Å². The van der Waals surface area contributed by atoms with Crippen LogP contribution in [0.2, 0.25) is 5.22 Å². The SMILES string of the molecule is CCC(CC)(CO)NC(=O)c1ccc(Cl)o1. The second-order valence-corrected chi connectivity index (χ2v) is 4.08. The molecule has 5 heteroatoms. The average molecular weight is 246 g/mol. The van der Waals surface area contributed by atoms with Crippen LogP contribution in [-0.2, 0) is 0 Å². The summed E-state index contributed by atoms with van der Waals surface area (Å²) < 4.78 is 5.00. The Morgan fingerprint density at radius 1 is 1.50 bits per heavy atom. The van der Waals surface area contributed by atoms with Crippen LogP contribution in [0.1, 0.15) is 37.2 Å². The lowest BCUT2D eigenvalue weighted by atomic mass is 9.94. The van der Waals surface area contributed by atoms with Crippen LogP contribution in [-0.4, -0.2) is 23.2 Å². The van der Waals surface area contributed by atoms with Gasteiger partial charge in [-0.25, -0.2) is 0 Å². The molecule has 16 heavy (non-hydrogen) atoms. The summed E-state index contributed by atoms with van der Waals surface area (Å²) >= 11 is 5.58. The molecule has 0 spiro atoms. The molecule has 0 atom stereocenters. The second-order valence-electron chi connectivity index (χ2n) is 3.70. The Balaban J connectivity index is 2.76. The first-order valence-electron chi connectivity index (χ1n) is 5.25. The standard InChI is InChI=1S/C11H16ClNO3/c1-3-11(4-2,7-14)13-10(15)8-5-6-9(12)16-8/h5-6,14H,3-4,7H2,1-2H3,(H,13,15). The minimum atomic E-state index is -0.587. The third-order valence-electron chi connectivity index (χ3n) is 2.83. The zero-order valence-corrected chi connectivity index (χ0v) is 10.2. The normalized spacial score (nSPS) is 11.5. The first kappa shape index (κ1) is 13.1. The zero-order chi connectivity index (χ0) is 12.2. The maximum Gasteiger partial charge on any atom is 0.287 e. The molecule has 1 amide bonds. The highest BCUT2D eigenvalue weighted by Crippen LogP contribution is 2.17. The van der Waals surface area contributed by atoms with Crippen molar-refractivity contribution in [3.8, 4) is 0 Å². The van der Waals surface area contributed by atoms with Crippen molar-refractivity contribution in [2.24, 2.45) is 0 Å². The highest BCUT2D eigenvalue weighted by Gasteiger charge is 2.28. The largest absolute Gasteiger partial charge is 0.440 e. The van der Waals surface area contributed by atoms with E-state index in [1.807, 2.05) is 13.8 Å². The van der Waals surface area contributed by atoms with Crippen LogP contribution in [0.5, 0.6) is 0 Å². The Morgan fingerprint density at radius 3 is 2.50 bits per heavy atom. The minimum Gasteiger partial charge on any atom is -0.440 e. The number of halogens is 1. The summed E-state index contributed by atoms with van der Waals surface area (Å²) in [5, 5.41) is 12.2. The van der Waals surface area contributed by atoms with Crippen molar-refractivity contribution in [2.75, 3.05) is 6.61 Å². The number of aliphatic hydroxyl groups is 1. The molecule has 0 aliphatic rings. The predicted molar refractivity (Wildman–Crippen MR) is 61.6 cm³/mol. The van der Waals surface area contributed by atoms with Gasteiger partial charge in [-0.2, -0.15) is 0 Å². The van der Waals surface area contributed by atoms with E-state index in [4.69, 9.17) is 16.0 Å². The molecule has 0 aromatic carbocycles. The summed E-state index contributed by atoms with van der Waals surface area (Å²) in [5.74, 6) is -0.200. The third-order valence-corrected chi connectivity index (χ3v) is 3.04. The molecule has 0 unspecified atom stereocenters. The van der Waals surface area contributed by atoms with E-state index in [0.29, 0.717) is 12.8 Å². The van der Waals surface area contributed by atoms with Crippen molar-refractivity contribution < 1.29 is 14.3 Å². The van der Waals surface area contributed by atoms with Crippen molar-refractivity contribution in [3.63, 3.8) is 0 Å². The lowest BCUT2D eigenvalue weighted by Crippen LogP contribution is -2.50. The molecule has 1 aromatic heterocycles. The van der Waals surface area contributed by atoms with E-state index in [1.165, 1.54) is 12.1 Å². The van der Waals surface area contributed by atoms with E-state index in [-0.39, 0.29) is 23.5 Å². The molecule has 1 aromatic rings. The number of carbonyl (C=O) groups is 1. The second kappa shape index (κ2) is 5.37. The van der Waals surface area contributed by atoms with Gasteiger partial charge in [0.25, 0.3) is 5.91 Å². The molecule has 0 saturated heterocycles. The molecule has 90 valence electrons.